The maximum absolute atomic E-state index is 4.18. The summed E-state index contributed by atoms with van der Waals surface area (Å²) in [5.74, 6) is 1.14. The number of rotatable bonds is 2. The van der Waals surface area contributed by atoms with Gasteiger partial charge in [0.1, 0.15) is 6.33 Å². The van der Waals surface area contributed by atoms with Gasteiger partial charge in [-0.2, -0.15) is 0 Å². The van der Waals surface area contributed by atoms with Gasteiger partial charge in [0, 0.05) is 19.4 Å². The van der Waals surface area contributed by atoms with Crippen molar-refractivity contribution < 1.29 is 0 Å². The molecule has 2 heterocycles. The van der Waals surface area contributed by atoms with Gasteiger partial charge >= 0.3 is 0 Å². The van der Waals surface area contributed by atoms with E-state index in [4.69, 9.17) is 0 Å². The number of aromatic nitrogens is 5. The Balaban J connectivity index is 2.33. The maximum atomic E-state index is 4.18. The van der Waals surface area contributed by atoms with Gasteiger partial charge < -0.3 is 0 Å². The lowest BCUT2D eigenvalue weighted by molar-refractivity contribution is 0.766. The van der Waals surface area contributed by atoms with Crippen LogP contribution in [0, 0.1) is 0 Å². The van der Waals surface area contributed by atoms with Crippen molar-refractivity contribution in [3.05, 3.63) is 24.3 Å². The van der Waals surface area contributed by atoms with Crippen LogP contribution in [0.5, 0.6) is 0 Å². The summed E-state index contributed by atoms with van der Waals surface area (Å²) in [4.78, 5) is 12.4. The molecule has 0 atom stereocenters. The van der Waals surface area contributed by atoms with Gasteiger partial charge in [-0.3, -0.25) is 4.68 Å². The Morgan fingerprint density at radius 2 is 1.86 bits per heavy atom. The van der Waals surface area contributed by atoms with Crippen LogP contribution in [-0.2, 0) is 13.5 Å². The Hall–Kier alpha value is -1.78. The Labute approximate surface area is 81.8 Å². The molecule has 2 rings (SSSR count). The van der Waals surface area contributed by atoms with Crippen LogP contribution in [0.4, 0.5) is 0 Å². The second-order valence-electron chi connectivity index (χ2n) is 3.01. The largest absolute Gasteiger partial charge is 0.255 e. The third kappa shape index (κ3) is 1.61. The van der Waals surface area contributed by atoms with Crippen molar-refractivity contribution in [3.8, 4) is 11.6 Å². The first-order valence-corrected chi connectivity index (χ1v) is 4.46. The fourth-order valence-corrected chi connectivity index (χ4v) is 1.09. The minimum atomic E-state index is 0.565. The molecule has 0 radical (unpaired) electrons. The highest BCUT2D eigenvalue weighted by atomic mass is 15.3. The number of hydrogen-bond donors (Lipinski definition) is 0. The summed E-state index contributed by atoms with van der Waals surface area (Å²) in [5.41, 5.74) is 1.12. The first-order valence-electron chi connectivity index (χ1n) is 4.46. The molecular weight excluding hydrogens is 178 g/mol. The predicted octanol–water partition coefficient (Wildman–Crippen LogP) is 0.834. The molecule has 2 aromatic heterocycles. The van der Waals surface area contributed by atoms with Crippen molar-refractivity contribution in [2.45, 2.75) is 13.3 Å². The van der Waals surface area contributed by atoms with Crippen LogP contribution in [-0.4, -0.2) is 24.7 Å². The van der Waals surface area contributed by atoms with Gasteiger partial charge in [0.15, 0.2) is 5.82 Å². The van der Waals surface area contributed by atoms with E-state index in [9.17, 15) is 0 Å². The van der Waals surface area contributed by atoms with Crippen LogP contribution in [0.15, 0.2) is 18.7 Å². The minimum Gasteiger partial charge on any atom is -0.255 e. The number of aryl methyl sites for hydroxylation is 2. The second kappa shape index (κ2) is 3.53. The molecule has 72 valence electrons. The Bertz CT molecular complexity index is 417. The molecule has 0 unspecified atom stereocenters. The molecule has 2 aromatic rings. The molecular formula is C9H11N5. The first-order chi connectivity index (χ1) is 6.79. The number of nitrogens with zero attached hydrogens (tertiary/aromatic N) is 5. The van der Waals surface area contributed by atoms with Gasteiger partial charge in [-0.15, -0.1) is 5.10 Å². The molecule has 5 heteroatoms. The standard InChI is InChI=1S/C9H11N5/c1-3-7-4-10-8(11-5-7)9-12-6-14(2)13-9/h4-6H,3H2,1-2H3. The summed E-state index contributed by atoms with van der Waals surface area (Å²) in [5, 5.41) is 4.12. The van der Waals surface area contributed by atoms with E-state index in [0.717, 1.165) is 12.0 Å². The summed E-state index contributed by atoms with van der Waals surface area (Å²) in [6, 6.07) is 0. The molecule has 0 amide bonds. The van der Waals surface area contributed by atoms with Crippen molar-refractivity contribution in [2.24, 2.45) is 7.05 Å². The third-order valence-electron chi connectivity index (χ3n) is 1.91. The average Bonchev–Trinajstić information content (AvgIpc) is 2.65. The molecule has 0 aliphatic carbocycles. The fourth-order valence-electron chi connectivity index (χ4n) is 1.09. The highest BCUT2D eigenvalue weighted by molar-refractivity contribution is 5.40. The van der Waals surface area contributed by atoms with Gasteiger partial charge in [-0.25, -0.2) is 15.0 Å². The molecule has 0 N–H and O–H groups in total. The van der Waals surface area contributed by atoms with Crippen molar-refractivity contribution in [3.63, 3.8) is 0 Å². The van der Waals surface area contributed by atoms with Crippen molar-refractivity contribution in [1.82, 2.24) is 24.7 Å². The van der Waals surface area contributed by atoms with Crippen molar-refractivity contribution in [1.29, 1.82) is 0 Å². The van der Waals surface area contributed by atoms with Crippen molar-refractivity contribution in [2.75, 3.05) is 0 Å². The highest BCUT2D eigenvalue weighted by Gasteiger charge is 2.05. The van der Waals surface area contributed by atoms with Crippen LogP contribution in [0.2, 0.25) is 0 Å². The minimum absolute atomic E-state index is 0.565. The Morgan fingerprint density at radius 3 is 2.36 bits per heavy atom. The topological polar surface area (TPSA) is 56.5 Å². The highest BCUT2D eigenvalue weighted by Crippen LogP contribution is 2.07. The van der Waals surface area contributed by atoms with Crippen LogP contribution >= 0.6 is 0 Å². The normalized spacial score (nSPS) is 10.4. The van der Waals surface area contributed by atoms with E-state index in [2.05, 4.69) is 27.0 Å². The molecule has 14 heavy (non-hydrogen) atoms. The Morgan fingerprint density at radius 1 is 1.14 bits per heavy atom. The maximum Gasteiger partial charge on any atom is 0.218 e. The molecule has 0 saturated heterocycles. The molecule has 0 aliphatic rings. The van der Waals surface area contributed by atoms with Gasteiger partial charge in [0.25, 0.3) is 0 Å². The van der Waals surface area contributed by atoms with E-state index in [1.807, 2.05) is 7.05 Å². The molecule has 0 fully saturated rings. The monoisotopic (exact) mass is 189 g/mol. The van der Waals surface area contributed by atoms with E-state index in [-0.39, 0.29) is 0 Å². The van der Waals surface area contributed by atoms with Gasteiger partial charge in [0.2, 0.25) is 5.82 Å². The summed E-state index contributed by atoms with van der Waals surface area (Å²) < 4.78 is 1.63. The summed E-state index contributed by atoms with van der Waals surface area (Å²) >= 11 is 0. The lowest BCUT2D eigenvalue weighted by atomic mass is 10.3. The molecule has 0 spiro atoms. The lowest BCUT2D eigenvalue weighted by Gasteiger charge is -1.95. The Kier molecular flexibility index (Phi) is 2.22. The molecule has 0 aliphatic heterocycles. The molecule has 5 nitrogen and oxygen atoms in total. The van der Waals surface area contributed by atoms with E-state index in [0.29, 0.717) is 11.6 Å². The SMILES string of the molecule is CCc1cnc(-c2ncn(C)n2)nc1. The van der Waals surface area contributed by atoms with Crippen LogP contribution in [0.3, 0.4) is 0 Å². The predicted molar refractivity (Wildman–Crippen MR) is 51.4 cm³/mol. The zero-order valence-corrected chi connectivity index (χ0v) is 8.18. The van der Waals surface area contributed by atoms with E-state index < -0.39 is 0 Å². The molecule has 0 saturated carbocycles. The van der Waals surface area contributed by atoms with Crippen LogP contribution in [0.1, 0.15) is 12.5 Å². The fraction of sp³-hybridized carbons (Fsp3) is 0.333. The summed E-state index contributed by atoms with van der Waals surface area (Å²) in [6.45, 7) is 2.07. The smallest absolute Gasteiger partial charge is 0.218 e. The van der Waals surface area contributed by atoms with Crippen molar-refractivity contribution >= 4 is 0 Å². The first kappa shape index (κ1) is 8.80. The lowest BCUT2D eigenvalue weighted by Crippen LogP contribution is -1.94. The van der Waals surface area contributed by atoms with Crippen LogP contribution in [0.25, 0.3) is 11.6 Å². The number of hydrogen-bond acceptors (Lipinski definition) is 4. The van der Waals surface area contributed by atoms with E-state index >= 15 is 0 Å². The molecule has 0 aromatic carbocycles. The van der Waals surface area contributed by atoms with E-state index in [1.165, 1.54) is 0 Å². The van der Waals surface area contributed by atoms with E-state index in [1.54, 1.807) is 23.4 Å². The quantitative estimate of drug-likeness (QED) is 0.702. The third-order valence-corrected chi connectivity index (χ3v) is 1.91. The van der Waals surface area contributed by atoms with Gasteiger partial charge in [0.05, 0.1) is 0 Å². The van der Waals surface area contributed by atoms with Crippen LogP contribution < -0.4 is 0 Å². The average molecular weight is 189 g/mol. The second-order valence-corrected chi connectivity index (χ2v) is 3.01. The zero-order chi connectivity index (χ0) is 9.97. The summed E-state index contributed by atoms with van der Waals surface area (Å²) in [6.07, 6.45) is 6.18. The van der Waals surface area contributed by atoms with Gasteiger partial charge in [-0.05, 0) is 12.0 Å². The summed E-state index contributed by atoms with van der Waals surface area (Å²) in [7, 11) is 1.82. The zero-order valence-electron chi connectivity index (χ0n) is 8.18. The van der Waals surface area contributed by atoms with Gasteiger partial charge in [-0.1, -0.05) is 6.92 Å². The molecule has 0 bridgehead atoms.